The first-order valence-corrected chi connectivity index (χ1v) is 11.1. The van der Waals surface area contributed by atoms with Gasteiger partial charge in [-0.1, -0.05) is 46.3 Å². The fourth-order valence-corrected chi connectivity index (χ4v) is 3.40. The van der Waals surface area contributed by atoms with E-state index in [0.29, 0.717) is 22.8 Å². The Kier molecular flexibility index (Phi) is 9.02. The summed E-state index contributed by atoms with van der Waals surface area (Å²) < 4.78 is 22.0. The predicted octanol–water partition coefficient (Wildman–Crippen LogP) is 4.86. The van der Waals surface area contributed by atoms with E-state index in [4.69, 9.17) is 18.9 Å². The van der Waals surface area contributed by atoms with Crippen molar-refractivity contribution in [1.82, 2.24) is 5.43 Å². The molecule has 9 heteroatoms. The van der Waals surface area contributed by atoms with E-state index >= 15 is 0 Å². The number of nitrogens with one attached hydrogen (secondary N) is 1. The average molecular weight is 539 g/mol. The van der Waals surface area contributed by atoms with Gasteiger partial charge in [-0.3, -0.25) is 4.79 Å². The molecule has 0 spiro atoms. The van der Waals surface area contributed by atoms with Gasteiger partial charge >= 0.3 is 5.97 Å². The van der Waals surface area contributed by atoms with Crippen LogP contribution >= 0.6 is 15.9 Å². The summed E-state index contributed by atoms with van der Waals surface area (Å²) in [5, 5.41) is 4.01. The number of esters is 1. The molecule has 3 aromatic rings. The average Bonchev–Trinajstić information content (AvgIpc) is 2.88. The number of halogens is 1. The van der Waals surface area contributed by atoms with Crippen LogP contribution in [0.5, 0.6) is 23.0 Å². The summed E-state index contributed by atoms with van der Waals surface area (Å²) >= 11 is 3.38. The standard InChI is InChI=1S/C26H23BrN2O6/c1-32-22-14-18(15-23(33-2)25(22)34-3)26(31)29-28-16-19-13-20(27)10-11-21(19)35-24(30)12-9-17-7-5-4-6-8-17/h4-16H,1-3H3,(H,29,31)/b12-9+,28-16+. The van der Waals surface area contributed by atoms with Crippen molar-refractivity contribution >= 4 is 40.1 Å². The molecule has 0 atom stereocenters. The highest BCUT2D eigenvalue weighted by Crippen LogP contribution is 2.38. The largest absolute Gasteiger partial charge is 0.493 e. The van der Waals surface area contributed by atoms with E-state index in [9.17, 15) is 9.59 Å². The molecular formula is C26H23BrN2O6. The van der Waals surface area contributed by atoms with E-state index in [0.717, 1.165) is 10.0 Å². The molecule has 0 unspecified atom stereocenters. The van der Waals surface area contributed by atoms with Gasteiger partial charge in [0.05, 0.1) is 27.5 Å². The second-order valence-electron chi connectivity index (χ2n) is 6.96. The third kappa shape index (κ3) is 6.94. The molecule has 0 saturated carbocycles. The van der Waals surface area contributed by atoms with E-state index in [-0.39, 0.29) is 11.3 Å². The first-order valence-electron chi connectivity index (χ1n) is 10.3. The van der Waals surface area contributed by atoms with Gasteiger partial charge in [0.2, 0.25) is 5.75 Å². The van der Waals surface area contributed by atoms with Gasteiger partial charge in [-0.15, -0.1) is 0 Å². The molecule has 0 aliphatic rings. The van der Waals surface area contributed by atoms with E-state index in [1.807, 2.05) is 30.3 Å². The number of hydrazone groups is 1. The third-order valence-corrected chi connectivity index (χ3v) is 5.18. The van der Waals surface area contributed by atoms with Gasteiger partial charge in [0, 0.05) is 21.7 Å². The first kappa shape index (κ1) is 25.5. The number of rotatable bonds is 9. The van der Waals surface area contributed by atoms with Gasteiger partial charge in [0.25, 0.3) is 5.91 Å². The van der Waals surface area contributed by atoms with E-state index in [2.05, 4.69) is 26.5 Å². The molecule has 180 valence electrons. The summed E-state index contributed by atoms with van der Waals surface area (Å²) in [5.74, 6) is 0.280. The van der Waals surface area contributed by atoms with Crippen LogP contribution in [-0.2, 0) is 4.79 Å². The Balaban J connectivity index is 1.73. The summed E-state index contributed by atoms with van der Waals surface area (Å²) in [5.41, 5.74) is 4.05. The summed E-state index contributed by atoms with van der Waals surface area (Å²) in [4.78, 5) is 24.9. The van der Waals surface area contributed by atoms with Crippen LogP contribution in [-0.4, -0.2) is 39.4 Å². The van der Waals surface area contributed by atoms with Crippen molar-refractivity contribution < 1.29 is 28.5 Å². The SMILES string of the molecule is COc1cc(C(=O)N/N=C/c2cc(Br)ccc2OC(=O)/C=C/c2ccccc2)cc(OC)c1OC. The minimum atomic E-state index is -0.549. The molecule has 0 bridgehead atoms. The molecule has 0 fully saturated rings. The Hall–Kier alpha value is -4.11. The number of ether oxygens (including phenoxy) is 4. The number of benzene rings is 3. The van der Waals surface area contributed by atoms with Crippen molar-refractivity contribution in [3.05, 3.63) is 87.9 Å². The molecule has 3 aromatic carbocycles. The zero-order valence-electron chi connectivity index (χ0n) is 19.3. The number of carbonyl (C=O) groups is 2. The Bertz CT molecular complexity index is 1230. The maximum atomic E-state index is 12.6. The van der Waals surface area contributed by atoms with Gasteiger partial charge in [-0.2, -0.15) is 5.10 Å². The Morgan fingerprint density at radius 1 is 0.886 bits per heavy atom. The van der Waals surface area contributed by atoms with Crippen LogP contribution in [0.25, 0.3) is 6.08 Å². The monoisotopic (exact) mass is 538 g/mol. The number of hydrogen-bond donors (Lipinski definition) is 1. The topological polar surface area (TPSA) is 95.5 Å². The van der Waals surface area contributed by atoms with Gasteiger partial charge in [-0.05, 0) is 42.0 Å². The van der Waals surface area contributed by atoms with Crippen LogP contribution in [0.4, 0.5) is 0 Å². The minimum Gasteiger partial charge on any atom is -0.493 e. The molecule has 0 aliphatic heterocycles. The number of amides is 1. The summed E-state index contributed by atoms with van der Waals surface area (Å²) in [6, 6.07) is 17.5. The quantitative estimate of drug-likeness (QED) is 0.137. The smallest absolute Gasteiger partial charge is 0.336 e. The Labute approximate surface area is 211 Å². The molecule has 1 N–H and O–H groups in total. The van der Waals surface area contributed by atoms with Crippen LogP contribution < -0.4 is 24.4 Å². The maximum absolute atomic E-state index is 12.6. The molecule has 0 radical (unpaired) electrons. The number of carbonyl (C=O) groups excluding carboxylic acids is 2. The lowest BCUT2D eigenvalue weighted by atomic mass is 10.1. The molecule has 1 amide bonds. The van der Waals surface area contributed by atoms with Crippen molar-refractivity contribution in [2.45, 2.75) is 0 Å². The van der Waals surface area contributed by atoms with Crippen LogP contribution in [0.3, 0.4) is 0 Å². The van der Waals surface area contributed by atoms with E-state index < -0.39 is 11.9 Å². The lowest BCUT2D eigenvalue weighted by Crippen LogP contribution is -2.18. The number of hydrogen-bond acceptors (Lipinski definition) is 7. The van der Waals surface area contributed by atoms with Gasteiger partial charge in [0.1, 0.15) is 5.75 Å². The number of nitrogens with zero attached hydrogens (tertiary/aromatic N) is 1. The maximum Gasteiger partial charge on any atom is 0.336 e. The second kappa shape index (κ2) is 12.4. The summed E-state index contributed by atoms with van der Waals surface area (Å²) in [6.07, 6.45) is 4.38. The molecule has 8 nitrogen and oxygen atoms in total. The Morgan fingerprint density at radius 2 is 1.57 bits per heavy atom. The molecule has 0 aliphatic carbocycles. The molecule has 3 rings (SSSR count). The molecular weight excluding hydrogens is 516 g/mol. The summed E-state index contributed by atoms with van der Waals surface area (Å²) in [7, 11) is 4.40. The van der Waals surface area contributed by atoms with Crippen LogP contribution in [0.15, 0.2) is 76.3 Å². The fraction of sp³-hybridized carbons (Fsp3) is 0.115. The second-order valence-corrected chi connectivity index (χ2v) is 7.88. The molecule has 0 aromatic heterocycles. The van der Waals surface area contributed by atoms with Gasteiger partial charge in [-0.25, -0.2) is 10.2 Å². The van der Waals surface area contributed by atoms with Crippen LogP contribution in [0.2, 0.25) is 0 Å². The number of methoxy groups -OCH3 is 3. The zero-order chi connectivity index (χ0) is 25.2. The zero-order valence-corrected chi connectivity index (χ0v) is 20.9. The molecule has 35 heavy (non-hydrogen) atoms. The van der Waals surface area contributed by atoms with E-state index in [1.54, 1.807) is 24.3 Å². The lowest BCUT2D eigenvalue weighted by molar-refractivity contribution is -0.128. The summed E-state index contributed by atoms with van der Waals surface area (Å²) in [6.45, 7) is 0. The highest BCUT2D eigenvalue weighted by molar-refractivity contribution is 9.10. The predicted molar refractivity (Wildman–Crippen MR) is 136 cm³/mol. The third-order valence-electron chi connectivity index (χ3n) is 4.69. The minimum absolute atomic E-state index is 0.253. The lowest BCUT2D eigenvalue weighted by Gasteiger charge is -2.13. The van der Waals surface area contributed by atoms with Crippen LogP contribution in [0.1, 0.15) is 21.5 Å². The van der Waals surface area contributed by atoms with Crippen molar-refractivity contribution in [1.29, 1.82) is 0 Å². The highest BCUT2D eigenvalue weighted by atomic mass is 79.9. The first-order chi connectivity index (χ1) is 16.9. The van der Waals surface area contributed by atoms with Crippen molar-refractivity contribution in [3.63, 3.8) is 0 Å². The van der Waals surface area contributed by atoms with E-state index in [1.165, 1.54) is 45.8 Å². The normalized spacial score (nSPS) is 10.9. The van der Waals surface area contributed by atoms with Crippen molar-refractivity contribution in [3.8, 4) is 23.0 Å². The molecule has 0 saturated heterocycles. The van der Waals surface area contributed by atoms with Crippen molar-refractivity contribution in [2.24, 2.45) is 5.10 Å². The Morgan fingerprint density at radius 3 is 2.20 bits per heavy atom. The van der Waals surface area contributed by atoms with Crippen molar-refractivity contribution in [2.75, 3.05) is 21.3 Å². The highest BCUT2D eigenvalue weighted by Gasteiger charge is 2.17. The van der Waals surface area contributed by atoms with Crippen LogP contribution in [0, 0.1) is 0 Å². The van der Waals surface area contributed by atoms with Gasteiger partial charge in [0.15, 0.2) is 11.5 Å². The van der Waals surface area contributed by atoms with Gasteiger partial charge < -0.3 is 18.9 Å². The fourth-order valence-electron chi connectivity index (χ4n) is 3.02. The molecule has 0 heterocycles.